The molecule has 5 nitrogen and oxygen atoms in total. The summed E-state index contributed by atoms with van der Waals surface area (Å²) in [5.41, 5.74) is 1.99. The molecule has 0 saturated carbocycles. The van der Waals surface area contributed by atoms with E-state index in [2.05, 4.69) is 41.0 Å². The van der Waals surface area contributed by atoms with E-state index in [9.17, 15) is 0 Å². The lowest BCUT2D eigenvalue weighted by Crippen LogP contribution is -2.01. The van der Waals surface area contributed by atoms with Gasteiger partial charge in [0.15, 0.2) is 0 Å². The molecule has 0 aliphatic heterocycles. The summed E-state index contributed by atoms with van der Waals surface area (Å²) in [5.74, 6) is 2.15. The molecule has 6 heteroatoms. The third kappa shape index (κ3) is 2.56. The molecule has 0 saturated heterocycles. The third-order valence-electron chi connectivity index (χ3n) is 3.31. The summed E-state index contributed by atoms with van der Waals surface area (Å²) in [6, 6.07) is 7.98. The highest BCUT2D eigenvalue weighted by molar-refractivity contribution is 6.30. The minimum atomic E-state index is 0.365. The first-order valence-electron chi connectivity index (χ1n) is 6.70. The zero-order valence-corrected chi connectivity index (χ0v) is 12.8. The van der Waals surface area contributed by atoms with Gasteiger partial charge in [-0.1, -0.05) is 37.6 Å². The topological polar surface area (TPSA) is 52.3 Å². The van der Waals surface area contributed by atoms with Crippen LogP contribution in [0.4, 0.5) is 0 Å². The van der Waals surface area contributed by atoms with Gasteiger partial charge in [0, 0.05) is 5.56 Å². The normalized spacial score (nSPS) is 11.3. The Morgan fingerprint density at radius 1 is 1.19 bits per heavy atom. The van der Waals surface area contributed by atoms with Crippen molar-refractivity contribution in [3.05, 3.63) is 46.9 Å². The molecule has 3 rings (SSSR count). The zero-order valence-electron chi connectivity index (χ0n) is 12.0. The summed E-state index contributed by atoms with van der Waals surface area (Å²) in [6.45, 7) is 6.15. The summed E-state index contributed by atoms with van der Waals surface area (Å²) in [4.78, 5) is 8.19. The highest BCUT2D eigenvalue weighted by Gasteiger charge is 2.14. The Bertz CT molecular complexity index is 780. The van der Waals surface area contributed by atoms with Crippen molar-refractivity contribution >= 4 is 17.4 Å². The first-order valence-corrected chi connectivity index (χ1v) is 7.07. The van der Waals surface area contributed by atoms with E-state index in [4.69, 9.17) is 16.3 Å². The van der Waals surface area contributed by atoms with E-state index in [0.717, 1.165) is 11.3 Å². The van der Waals surface area contributed by atoms with Gasteiger partial charge >= 0.3 is 0 Å². The van der Waals surface area contributed by atoms with Gasteiger partial charge in [-0.05, 0) is 30.5 Å². The Labute approximate surface area is 127 Å². The first kappa shape index (κ1) is 13.8. The summed E-state index contributed by atoms with van der Waals surface area (Å²) in [5, 5.41) is 4.49. The van der Waals surface area contributed by atoms with Crippen molar-refractivity contribution in [3.63, 3.8) is 0 Å². The summed E-state index contributed by atoms with van der Waals surface area (Å²) in [7, 11) is 0. The molecule has 2 heterocycles. The minimum absolute atomic E-state index is 0.365. The number of hydrogen-bond acceptors (Lipinski definition) is 4. The Morgan fingerprint density at radius 2 is 1.90 bits per heavy atom. The largest absolute Gasteiger partial charge is 0.438 e. The fourth-order valence-electron chi connectivity index (χ4n) is 2.03. The molecule has 108 valence electrons. The van der Waals surface area contributed by atoms with Gasteiger partial charge in [-0.2, -0.15) is 19.6 Å². The molecule has 0 amide bonds. The molecule has 0 aliphatic carbocycles. The number of hydrogen-bond donors (Lipinski definition) is 0. The predicted molar refractivity (Wildman–Crippen MR) is 81.1 cm³/mol. The molecular weight excluding hydrogens is 288 g/mol. The van der Waals surface area contributed by atoms with Crippen LogP contribution in [0.2, 0.25) is 5.15 Å². The Balaban J connectivity index is 2.01. The number of fused-ring (bicyclic) bond motifs is 1. The average Bonchev–Trinajstić information content (AvgIpc) is 2.92. The van der Waals surface area contributed by atoms with Gasteiger partial charge in [0.1, 0.15) is 17.2 Å². The van der Waals surface area contributed by atoms with Crippen LogP contribution in [0.25, 0.3) is 5.78 Å². The van der Waals surface area contributed by atoms with Gasteiger partial charge < -0.3 is 4.74 Å². The van der Waals surface area contributed by atoms with Crippen molar-refractivity contribution < 1.29 is 4.74 Å². The van der Waals surface area contributed by atoms with E-state index in [-0.39, 0.29) is 0 Å². The summed E-state index contributed by atoms with van der Waals surface area (Å²) >= 11 is 6.11. The lowest BCUT2D eigenvalue weighted by molar-refractivity contribution is 0.441. The van der Waals surface area contributed by atoms with Crippen LogP contribution in [-0.4, -0.2) is 19.6 Å². The van der Waals surface area contributed by atoms with E-state index in [1.165, 1.54) is 16.4 Å². The maximum atomic E-state index is 6.11. The highest BCUT2D eigenvalue weighted by atomic mass is 35.5. The number of benzene rings is 1. The van der Waals surface area contributed by atoms with Crippen molar-refractivity contribution in [3.8, 4) is 11.6 Å². The predicted octanol–water partition coefficient (Wildman–Crippen LogP) is 4.00. The van der Waals surface area contributed by atoms with Crippen molar-refractivity contribution in [2.45, 2.75) is 26.7 Å². The zero-order chi connectivity index (χ0) is 15.0. The minimum Gasteiger partial charge on any atom is -0.438 e. The monoisotopic (exact) mass is 302 g/mol. The van der Waals surface area contributed by atoms with Crippen LogP contribution in [0, 0.1) is 6.92 Å². The number of aromatic nitrogens is 4. The summed E-state index contributed by atoms with van der Waals surface area (Å²) < 4.78 is 7.47. The Morgan fingerprint density at radius 3 is 2.57 bits per heavy atom. The fraction of sp³-hybridized carbons (Fsp3) is 0.267. The van der Waals surface area contributed by atoms with Crippen LogP contribution >= 0.6 is 11.6 Å². The van der Waals surface area contributed by atoms with E-state index < -0.39 is 0 Å². The number of rotatable bonds is 3. The second-order valence-corrected chi connectivity index (χ2v) is 5.49. The van der Waals surface area contributed by atoms with E-state index >= 15 is 0 Å². The van der Waals surface area contributed by atoms with Crippen LogP contribution in [0.15, 0.2) is 30.6 Å². The number of nitrogens with zero attached hydrogens (tertiary/aromatic N) is 4. The highest BCUT2D eigenvalue weighted by Crippen LogP contribution is 2.29. The molecule has 0 spiro atoms. The Hall–Kier alpha value is -2.14. The maximum absolute atomic E-state index is 6.11. The lowest BCUT2D eigenvalue weighted by Gasteiger charge is -2.11. The van der Waals surface area contributed by atoms with Gasteiger partial charge in [0.05, 0.1) is 0 Å². The second-order valence-electron chi connectivity index (χ2n) is 5.13. The molecule has 0 unspecified atom stereocenters. The van der Waals surface area contributed by atoms with Crippen LogP contribution in [0.3, 0.4) is 0 Å². The SMILES string of the molecule is Cc1c(Cl)nc2ncnn2c1Oc1ccc(C(C)C)cc1. The maximum Gasteiger partial charge on any atom is 0.256 e. The molecule has 21 heavy (non-hydrogen) atoms. The second kappa shape index (κ2) is 5.33. The van der Waals surface area contributed by atoms with Crippen molar-refractivity contribution in [2.75, 3.05) is 0 Å². The quantitative estimate of drug-likeness (QED) is 0.686. The van der Waals surface area contributed by atoms with Crippen LogP contribution in [0.1, 0.15) is 30.9 Å². The van der Waals surface area contributed by atoms with Gasteiger partial charge in [-0.15, -0.1) is 0 Å². The van der Waals surface area contributed by atoms with Crippen molar-refractivity contribution in [2.24, 2.45) is 0 Å². The van der Waals surface area contributed by atoms with Crippen molar-refractivity contribution in [1.82, 2.24) is 19.6 Å². The fourth-order valence-corrected chi connectivity index (χ4v) is 2.18. The standard InChI is InChI=1S/C15H15ClN4O/c1-9(2)11-4-6-12(7-5-11)21-14-10(3)13(16)19-15-17-8-18-20(14)15/h4-9H,1-3H3. The van der Waals surface area contributed by atoms with Crippen LogP contribution in [0.5, 0.6) is 11.6 Å². The van der Waals surface area contributed by atoms with Gasteiger partial charge in [0.25, 0.3) is 5.78 Å². The molecule has 3 aromatic rings. The van der Waals surface area contributed by atoms with Gasteiger partial charge in [-0.3, -0.25) is 0 Å². The van der Waals surface area contributed by atoms with Gasteiger partial charge in [0.2, 0.25) is 5.88 Å². The van der Waals surface area contributed by atoms with Crippen LogP contribution < -0.4 is 4.74 Å². The molecule has 0 radical (unpaired) electrons. The molecule has 0 fully saturated rings. The molecule has 0 atom stereocenters. The Kier molecular flexibility index (Phi) is 3.51. The molecule has 1 aromatic carbocycles. The molecular formula is C15H15ClN4O. The molecule has 2 aromatic heterocycles. The van der Waals surface area contributed by atoms with Crippen LogP contribution in [-0.2, 0) is 0 Å². The van der Waals surface area contributed by atoms with E-state index in [0.29, 0.717) is 22.7 Å². The smallest absolute Gasteiger partial charge is 0.256 e. The number of ether oxygens (including phenoxy) is 1. The molecule has 0 aliphatic rings. The first-order chi connectivity index (χ1) is 10.1. The molecule has 0 bridgehead atoms. The number of halogens is 1. The summed E-state index contributed by atoms with van der Waals surface area (Å²) in [6.07, 6.45) is 1.42. The van der Waals surface area contributed by atoms with E-state index in [1.54, 1.807) is 0 Å². The molecule has 0 N–H and O–H groups in total. The van der Waals surface area contributed by atoms with Crippen molar-refractivity contribution in [1.29, 1.82) is 0 Å². The van der Waals surface area contributed by atoms with Gasteiger partial charge in [-0.25, -0.2) is 0 Å². The average molecular weight is 303 g/mol. The third-order valence-corrected chi connectivity index (χ3v) is 3.68. The lowest BCUT2D eigenvalue weighted by atomic mass is 10.0. The van der Waals surface area contributed by atoms with E-state index in [1.807, 2.05) is 19.1 Å².